The second kappa shape index (κ2) is 13.6. The number of nitrogens with zero attached hydrogens (tertiary/aromatic N) is 2. The maximum atomic E-state index is 14.1. The molecule has 0 saturated heterocycles. The van der Waals surface area contributed by atoms with Crippen LogP contribution in [0.4, 0.5) is 5.69 Å². The van der Waals surface area contributed by atoms with Gasteiger partial charge < -0.3 is 14.8 Å². The maximum Gasteiger partial charge on any atom is 0.271 e. The molecular weight excluding hydrogens is 619 g/mol. The minimum Gasteiger partial charge on any atom is -0.494 e. The molecule has 1 aliphatic rings. The molecule has 238 valence electrons. The summed E-state index contributed by atoms with van der Waals surface area (Å²) in [6.07, 6.45) is 1.86. The Bertz CT molecular complexity index is 2320. The van der Waals surface area contributed by atoms with E-state index >= 15 is 0 Å². The number of rotatable bonds is 9. The first-order chi connectivity index (χ1) is 23.5. The van der Waals surface area contributed by atoms with Gasteiger partial charge in [-0.3, -0.25) is 14.2 Å². The lowest BCUT2D eigenvalue weighted by Gasteiger charge is -2.25. The van der Waals surface area contributed by atoms with E-state index in [4.69, 9.17) is 14.5 Å². The van der Waals surface area contributed by atoms with E-state index in [0.29, 0.717) is 45.3 Å². The molecule has 0 radical (unpaired) electrons. The van der Waals surface area contributed by atoms with Crippen molar-refractivity contribution >= 4 is 39.8 Å². The van der Waals surface area contributed by atoms with E-state index in [1.54, 1.807) is 4.57 Å². The molecule has 7 rings (SSSR count). The number of hydrogen-bond donors (Lipinski definition) is 1. The third-order valence-electron chi connectivity index (χ3n) is 8.26. The molecule has 1 aliphatic heterocycles. The number of carbonyl (C=O) groups is 1. The van der Waals surface area contributed by atoms with Crippen molar-refractivity contribution in [3.8, 4) is 11.5 Å². The van der Waals surface area contributed by atoms with E-state index < -0.39 is 6.04 Å². The van der Waals surface area contributed by atoms with Crippen LogP contribution in [-0.2, 0) is 11.4 Å². The first-order valence-electron chi connectivity index (χ1n) is 15.8. The lowest BCUT2D eigenvalue weighted by Crippen LogP contribution is -2.40. The molecule has 48 heavy (non-hydrogen) atoms. The van der Waals surface area contributed by atoms with Crippen LogP contribution >= 0.6 is 11.3 Å². The Morgan fingerprint density at radius 2 is 1.54 bits per heavy atom. The molecule has 2 heterocycles. The van der Waals surface area contributed by atoms with Crippen molar-refractivity contribution in [3.63, 3.8) is 0 Å². The number of hydrogen-bond acceptors (Lipinski definition) is 6. The van der Waals surface area contributed by atoms with Crippen LogP contribution in [-0.4, -0.2) is 17.1 Å². The highest BCUT2D eigenvalue weighted by atomic mass is 32.1. The summed E-state index contributed by atoms with van der Waals surface area (Å²) in [4.78, 5) is 33.2. The molecule has 8 heteroatoms. The van der Waals surface area contributed by atoms with Crippen LogP contribution in [0.3, 0.4) is 0 Å². The van der Waals surface area contributed by atoms with Gasteiger partial charge in [-0.1, -0.05) is 96.3 Å². The quantitative estimate of drug-likeness (QED) is 0.183. The van der Waals surface area contributed by atoms with Gasteiger partial charge in [0.25, 0.3) is 11.5 Å². The highest BCUT2D eigenvalue weighted by Gasteiger charge is 2.32. The molecule has 0 unspecified atom stereocenters. The van der Waals surface area contributed by atoms with Crippen molar-refractivity contribution < 1.29 is 14.3 Å². The van der Waals surface area contributed by atoms with Gasteiger partial charge in [-0.15, -0.1) is 0 Å². The summed E-state index contributed by atoms with van der Waals surface area (Å²) in [6.45, 7) is 4.73. The number of fused-ring (bicyclic) bond motifs is 2. The Balaban J connectivity index is 1.20. The van der Waals surface area contributed by atoms with Gasteiger partial charge in [-0.2, -0.15) is 0 Å². The van der Waals surface area contributed by atoms with Gasteiger partial charge in [-0.05, 0) is 83.8 Å². The number of allylic oxidation sites excluding steroid dienone is 1. The molecule has 6 aromatic rings. The molecule has 1 aromatic heterocycles. The zero-order valence-corrected chi connectivity index (χ0v) is 27.4. The predicted octanol–water partition coefficient (Wildman–Crippen LogP) is 7.00. The van der Waals surface area contributed by atoms with Gasteiger partial charge in [0.15, 0.2) is 4.80 Å². The molecule has 0 saturated carbocycles. The average Bonchev–Trinajstić information content (AvgIpc) is 3.41. The molecular formula is C40H33N3O4S. The van der Waals surface area contributed by atoms with Crippen molar-refractivity contribution in [1.29, 1.82) is 0 Å². The number of aromatic nitrogens is 1. The lowest BCUT2D eigenvalue weighted by molar-refractivity contribution is -0.113. The van der Waals surface area contributed by atoms with Crippen LogP contribution in [0.1, 0.15) is 36.6 Å². The fourth-order valence-electron chi connectivity index (χ4n) is 5.95. The minimum atomic E-state index is -0.673. The van der Waals surface area contributed by atoms with Crippen molar-refractivity contribution in [3.05, 3.63) is 169 Å². The third kappa shape index (κ3) is 6.30. The summed E-state index contributed by atoms with van der Waals surface area (Å²) >= 11 is 1.31. The van der Waals surface area contributed by atoms with Crippen LogP contribution in [0.15, 0.2) is 142 Å². The number of amides is 1. The third-order valence-corrected chi connectivity index (χ3v) is 9.24. The second-order valence-electron chi connectivity index (χ2n) is 11.4. The number of para-hydroxylation sites is 1. The van der Waals surface area contributed by atoms with E-state index in [1.165, 1.54) is 22.1 Å². The molecule has 1 N–H and O–H groups in total. The fourth-order valence-corrected chi connectivity index (χ4v) is 7.00. The van der Waals surface area contributed by atoms with Gasteiger partial charge in [0.1, 0.15) is 18.1 Å². The van der Waals surface area contributed by atoms with Crippen molar-refractivity contribution in [2.24, 2.45) is 4.99 Å². The Morgan fingerprint density at radius 1 is 0.854 bits per heavy atom. The van der Waals surface area contributed by atoms with Crippen LogP contribution in [0, 0.1) is 0 Å². The van der Waals surface area contributed by atoms with Gasteiger partial charge in [-0.25, -0.2) is 4.99 Å². The molecule has 0 bridgehead atoms. The summed E-state index contributed by atoms with van der Waals surface area (Å²) in [5.41, 5.74) is 4.17. The largest absolute Gasteiger partial charge is 0.494 e. The van der Waals surface area contributed by atoms with Crippen LogP contribution < -0.4 is 29.7 Å². The number of anilines is 1. The molecule has 1 amide bonds. The number of benzene rings is 5. The second-order valence-corrected chi connectivity index (χ2v) is 12.4. The summed E-state index contributed by atoms with van der Waals surface area (Å²) in [5, 5.41) is 5.34. The van der Waals surface area contributed by atoms with Gasteiger partial charge in [0.2, 0.25) is 0 Å². The molecule has 5 aromatic carbocycles. The molecule has 0 fully saturated rings. The lowest BCUT2D eigenvalue weighted by atomic mass is 9.95. The average molecular weight is 652 g/mol. The summed E-state index contributed by atoms with van der Waals surface area (Å²) in [7, 11) is 0. The Hall–Kier alpha value is -5.73. The van der Waals surface area contributed by atoms with Crippen LogP contribution in [0.2, 0.25) is 0 Å². The van der Waals surface area contributed by atoms with Crippen LogP contribution in [0.25, 0.3) is 16.8 Å². The van der Waals surface area contributed by atoms with E-state index in [0.717, 1.165) is 22.4 Å². The van der Waals surface area contributed by atoms with Crippen molar-refractivity contribution in [1.82, 2.24) is 4.57 Å². The van der Waals surface area contributed by atoms with Gasteiger partial charge in [0.05, 0.1) is 28.5 Å². The molecule has 0 aliphatic carbocycles. The van der Waals surface area contributed by atoms with Crippen molar-refractivity contribution in [2.75, 3.05) is 11.9 Å². The molecule has 0 spiro atoms. The first-order valence-corrected chi connectivity index (χ1v) is 16.6. The Labute approximate surface area is 281 Å². The maximum absolute atomic E-state index is 14.1. The summed E-state index contributed by atoms with van der Waals surface area (Å²) in [6, 6.07) is 38.3. The highest BCUT2D eigenvalue weighted by Crippen LogP contribution is 2.32. The Kier molecular flexibility index (Phi) is 8.72. The van der Waals surface area contributed by atoms with Gasteiger partial charge >= 0.3 is 0 Å². The van der Waals surface area contributed by atoms with Gasteiger partial charge in [0, 0.05) is 5.69 Å². The number of thiazole rings is 1. The Morgan fingerprint density at radius 3 is 2.31 bits per heavy atom. The standard InChI is InChI=1S/C40H33N3O4S/c1-3-46-32-22-18-29(19-23-32)37-36(38(44)42-31-13-5-4-6-14-31)26(2)41-40-43(37)39(45)35(48-40)24-27-16-20-33(21-17-27)47-25-30-12-9-11-28-10-7-8-15-34(28)30/h4-24,37H,3,25H2,1-2H3,(H,42,44)/b35-24-/t37-/m1/s1. The smallest absolute Gasteiger partial charge is 0.271 e. The SMILES string of the molecule is CCOc1ccc([C@@H]2C(C(=O)Nc3ccccc3)=C(C)N=c3s/c(=C\c4ccc(OCc5cccc6ccccc56)cc4)c(=O)n32)cc1. The molecule has 7 nitrogen and oxygen atoms in total. The van der Waals surface area contributed by atoms with Crippen molar-refractivity contribution in [2.45, 2.75) is 26.5 Å². The number of ether oxygens (including phenoxy) is 2. The summed E-state index contributed by atoms with van der Waals surface area (Å²) in [5.74, 6) is 1.14. The van der Waals surface area contributed by atoms with E-state index in [9.17, 15) is 9.59 Å². The van der Waals surface area contributed by atoms with E-state index in [-0.39, 0.29) is 11.5 Å². The normalized spacial score (nSPS) is 14.4. The van der Waals surface area contributed by atoms with Crippen LogP contribution in [0.5, 0.6) is 11.5 Å². The van der Waals surface area contributed by atoms with E-state index in [1.807, 2.05) is 117 Å². The molecule has 1 atom stereocenters. The topological polar surface area (TPSA) is 81.9 Å². The predicted molar refractivity (Wildman–Crippen MR) is 191 cm³/mol. The number of carbonyl (C=O) groups excluding carboxylic acids is 1. The van der Waals surface area contributed by atoms with E-state index in [2.05, 4.69) is 29.6 Å². The monoisotopic (exact) mass is 651 g/mol. The zero-order valence-electron chi connectivity index (χ0n) is 26.6. The summed E-state index contributed by atoms with van der Waals surface area (Å²) < 4.78 is 13.9. The first kappa shape index (κ1) is 30.9. The zero-order chi connectivity index (χ0) is 33.0. The highest BCUT2D eigenvalue weighted by molar-refractivity contribution is 7.07. The fraction of sp³-hybridized carbons (Fsp3) is 0.125. The minimum absolute atomic E-state index is 0.216. The number of nitrogens with one attached hydrogen (secondary N) is 1.